The molecule has 40 heavy (non-hydrogen) atoms. The average molecular weight is 550 g/mol. The van der Waals surface area contributed by atoms with Crippen LogP contribution in [0.2, 0.25) is 0 Å². The van der Waals surface area contributed by atoms with Gasteiger partial charge in [-0.15, -0.1) is 5.10 Å². The second-order valence-corrected chi connectivity index (χ2v) is 11.1. The molecule has 1 saturated heterocycles. The zero-order valence-electron chi connectivity index (χ0n) is 23.4. The summed E-state index contributed by atoms with van der Waals surface area (Å²) in [5, 5.41) is 29.6. The number of nitrogens with zero attached hydrogens (tertiary/aromatic N) is 6. The third-order valence-electron chi connectivity index (χ3n) is 7.98. The lowest BCUT2D eigenvalue weighted by molar-refractivity contribution is -0.141. The first-order chi connectivity index (χ1) is 19.7. The van der Waals surface area contributed by atoms with Crippen molar-refractivity contribution in [1.29, 1.82) is 0 Å². The Bertz CT molecular complexity index is 1230. The molecule has 1 unspecified atom stereocenters. The molecule has 0 amide bonds. The van der Waals surface area contributed by atoms with Gasteiger partial charge in [0.15, 0.2) is 0 Å². The van der Waals surface area contributed by atoms with E-state index < -0.39 is 5.97 Å². The number of aromatic nitrogens is 5. The number of hydrogen-bond acceptors (Lipinski definition) is 9. The van der Waals surface area contributed by atoms with Gasteiger partial charge in [0, 0.05) is 31.1 Å². The number of rotatable bonds is 14. The van der Waals surface area contributed by atoms with Crippen LogP contribution in [0.25, 0.3) is 10.9 Å². The molecule has 1 aliphatic carbocycles. The Kier molecular flexibility index (Phi) is 10.1. The van der Waals surface area contributed by atoms with Crippen molar-refractivity contribution >= 4 is 28.6 Å². The van der Waals surface area contributed by atoms with E-state index in [9.17, 15) is 9.90 Å². The van der Waals surface area contributed by atoms with Gasteiger partial charge in [-0.05, 0) is 70.3 Å². The summed E-state index contributed by atoms with van der Waals surface area (Å²) in [6.45, 7) is 5.61. The summed E-state index contributed by atoms with van der Waals surface area (Å²) in [7, 11) is 0. The van der Waals surface area contributed by atoms with Crippen molar-refractivity contribution in [3.63, 3.8) is 0 Å². The molecule has 1 atom stereocenters. The molecule has 2 aliphatic rings. The Labute approximate surface area is 236 Å². The zero-order valence-corrected chi connectivity index (χ0v) is 23.4. The van der Waals surface area contributed by atoms with Crippen LogP contribution in [0.15, 0.2) is 30.5 Å². The lowest BCUT2D eigenvalue weighted by atomic mass is 9.95. The first kappa shape index (κ1) is 28.2. The smallest absolute Gasteiger partial charge is 0.308 e. The Morgan fingerprint density at radius 2 is 1.85 bits per heavy atom. The van der Waals surface area contributed by atoms with Crippen LogP contribution in [0.1, 0.15) is 63.5 Å². The molecule has 3 aromatic rings. The van der Waals surface area contributed by atoms with Crippen molar-refractivity contribution in [3.8, 4) is 0 Å². The number of anilines is 2. The molecular formula is C29H43N9O2. The monoisotopic (exact) mass is 549 g/mol. The van der Waals surface area contributed by atoms with E-state index in [-0.39, 0.29) is 5.92 Å². The standard InChI is InChI=1S/C29H43N9O2/c39-28(40)22-9-6-17-37(20-22)27-25-12-4-5-13-26(25)33-29(34-27)32-19-24-21-38(36-35-24)18-8-15-30-14-7-16-31-23-10-2-1-3-11-23/h4-5,12-13,21-23,30-31H,1-3,6-11,14-20H2,(H,39,40)(H,32,33,34). The van der Waals surface area contributed by atoms with E-state index >= 15 is 0 Å². The Morgan fingerprint density at radius 3 is 2.73 bits per heavy atom. The average Bonchev–Trinajstić information content (AvgIpc) is 3.45. The molecule has 0 bridgehead atoms. The summed E-state index contributed by atoms with van der Waals surface area (Å²) in [5.41, 5.74) is 1.65. The maximum atomic E-state index is 11.6. The van der Waals surface area contributed by atoms with E-state index in [1.54, 1.807) is 0 Å². The Morgan fingerprint density at radius 1 is 1.00 bits per heavy atom. The van der Waals surface area contributed by atoms with Gasteiger partial charge in [0.25, 0.3) is 0 Å². The van der Waals surface area contributed by atoms with Gasteiger partial charge in [0.05, 0.1) is 24.2 Å². The van der Waals surface area contributed by atoms with Crippen LogP contribution in [0.4, 0.5) is 11.8 Å². The maximum absolute atomic E-state index is 11.6. The number of carboxylic acids is 1. The lowest BCUT2D eigenvalue weighted by Crippen LogP contribution is -2.39. The number of carboxylic acid groups (broad SMARTS) is 1. The van der Waals surface area contributed by atoms with Crippen molar-refractivity contribution in [2.75, 3.05) is 42.9 Å². The highest BCUT2D eigenvalue weighted by atomic mass is 16.4. The zero-order chi connectivity index (χ0) is 27.6. The summed E-state index contributed by atoms with van der Waals surface area (Å²) in [5.74, 6) is 0.151. The SMILES string of the molecule is O=C(O)C1CCCN(c2nc(NCc3cn(CCCNCCCNC4CCCCC4)nn3)nc3ccccc23)C1. The number of aryl methyl sites for hydroxylation is 1. The molecule has 3 heterocycles. The first-order valence-corrected chi connectivity index (χ1v) is 15.0. The molecular weight excluding hydrogens is 506 g/mol. The molecule has 1 aromatic carbocycles. The van der Waals surface area contributed by atoms with Gasteiger partial charge >= 0.3 is 5.97 Å². The molecule has 0 radical (unpaired) electrons. The molecule has 0 spiro atoms. The van der Waals surface area contributed by atoms with E-state index in [1.807, 2.05) is 35.1 Å². The predicted molar refractivity (Wildman–Crippen MR) is 156 cm³/mol. The molecule has 4 N–H and O–H groups in total. The largest absolute Gasteiger partial charge is 0.481 e. The van der Waals surface area contributed by atoms with Crippen molar-refractivity contribution in [2.45, 2.75) is 76.9 Å². The predicted octanol–water partition coefficient (Wildman–Crippen LogP) is 3.43. The maximum Gasteiger partial charge on any atom is 0.308 e. The molecule has 11 heteroatoms. The normalized spacial score (nSPS) is 18.3. The molecule has 1 aliphatic heterocycles. The lowest BCUT2D eigenvalue weighted by Gasteiger charge is -2.32. The van der Waals surface area contributed by atoms with Crippen molar-refractivity contribution < 1.29 is 9.90 Å². The summed E-state index contributed by atoms with van der Waals surface area (Å²) in [6, 6.07) is 8.61. The van der Waals surface area contributed by atoms with Gasteiger partial charge in [-0.3, -0.25) is 9.48 Å². The van der Waals surface area contributed by atoms with E-state index in [1.165, 1.54) is 32.1 Å². The van der Waals surface area contributed by atoms with Gasteiger partial charge in [-0.2, -0.15) is 4.98 Å². The highest BCUT2D eigenvalue weighted by molar-refractivity contribution is 5.90. The third kappa shape index (κ3) is 7.88. The number of fused-ring (bicyclic) bond motifs is 1. The van der Waals surface area contributed by atoms with Gasteiger partial charge in [-0.1, -0.05) is 36.6 Å². The van der Waals surface area contributed by atoms with E-state index in [0.717, 1.165) is 80.4 Å². The van der Waals surface area contributed by atoms with E-state index in [4.69, 9.17) is 9.97 Å². The number of hydrogen-bond donors (Lipinski definition) is 4. The highest BCUT2D eigenvalue weighted by Crippen LogP contribution is 2.29. The fraction of sp³-hybridized carbons (Fsp3) is 0.621. The molecule has 5 rings (SSSR count). The third-order valence-corrected chi connectivity index (χ3v) is 7.98. The van der Waals surface area contributed by atoms with Crippen LogP contribution >= 0.6 is 0 Å². The minimum Gasteiger partial charge on any atom is -0.481 e. The number of benzene rings is 1. The van der Waals surface area contributed by atoms with Crippen LogP contribution in [0, 0.1) is 5.92 Å². The van der Waals surface area contributed by atoms with Gasteiger partial charge in [0.2, 0.25) is 5.95 Å². The Balaban J connectivity index is 1.07. The van der Waals surface area contributed by atoms with E-state index in [2.05, 4.69) is 31.2 Å². The topological polar surface area (TPSA) is 133 Å². The fourth-order valence-corrected chi connectivity index (χ4v) is 5.77. The molecule has 2 fully saturated rings. The van der Waals surface area contributed by atoms with E-state index in [0.29, 0.717) is 25.5 Å². The minimum absolute atomic E-state index is 0.382. The number of para-hydroxylation sites is 1. The number of piperidine rings is 1. The van der Waals surface area contributed by atoms with Gasteiger partial charge in [-0.25, -0.2) is 4.98 Å². The summed E-state index contributed by atoms with van der Waals surface area (Å²) < 4.78 is 1.88. The quantitative estimate of drug-likeness (QED) is 0.222. The second-order valence-electron chi connectivity index (χ2n) is 11.1. The highest BCUT2D eigenvalue weighted by Gasteiger charge is 2.27. The van der Waals surface area contributed by atoms with Gasteiger partial charge in [0.1, 0.15) is 11.5 Å². The van der Waals surface area contributed by atoms with Crippen LogP contribution in [-0.4, -0.2) is 74.8 Å². The fourth-order valence-electron chi connectivity index (χ4n) is 5.77. The summed E-state index contributed by atoms with van der Waals surface area (Å²) in [6.07, 6.45) is 12.5. The number of carbonyl (C=O) groups is 1. The van der Waals surface area contributed by atoms with Crippen molar-refractivity contribution in [2.24, 2.45) is 5.92 Å². The van der Waals surface area contributed by atoms with Crippen LogP contribution < -0.4 is 20.9 Å². The van der Waals surface area contributed by atoms with Crippen LogP contribution in [-0.2, 0) is 17.9 Å². The number of aliphatic carboxylic acids is 1. The summed E-state index contributed by atoms with van der Waals surface area (Å²) in [4.78, 5) is 23.2. The molecule has 11 nitrogen and oxygen atoms in total. The first-order valence-electron chi connectivity index (χ1n) is 15.0. The second kappa shape index (κ2) is 14.4. The summed E-state index contributed by atoms with van der Waals surface area (Å²) >= 11 is 0. The molecule has 1 saturated carbocycles. The molecule has 216 valence electrons. The minimum atomic E-state index is -0.748. The van der Waals surface area contributed by atoms with Crippen molar-refractivity contribution in [1.82, 2.24) is 35.6 Å². The van der Waals surface area contributed by atoms with Crippen molar-refractivity contribution in [3.05, 3.63) is 36.2 Å². The number of nitrogens with one attached hydrogen (secondary N) is 3. The van der Waals surface area contributed by atoms with Crippen LogP contribution in [0.5, 0.6) is 0 Å². The molecule has 2 aromatic heterocycles. The van der Waals surface area contributed by atoms with Gasteiger partial charge < -0.3 is 26.0 Å². The van der Waals surface area contributed by atoms with Crippen LogP contribution in [0.3, 0.4) is 0 Å². The Hall–Kier alpha value is -3.31.